The number of ether oxygens (including phenoxy) is 2. The minimum absolute atomic E-state index is 0.629. The first-order chi connectivity index (χ1) is 22.3. The maximum Gasteiger partial charge on any atom is 0.227 e. The van der Waals surface area contributed by atoms with Gasteiger partial charge in [0.1, 0.15) is 17.0 Å². The molecule has 0 N–H and O–H groups in total. The van der Waals surface area contributed by atoms with Crippen LogP contribution in [0.3, 0.4) is 0 Å². The van der Waals surface area contributed by atoms with Crippen LogP contribution in [0.5, 0.6) is 11.5 Å². The van der Waals surface area contributed by atoms with Gasteiger partial charge in [-0.2, -0.15) is 0 Å². The van der Waals surface area contributed by atoms with E-state index < -0.39 is 0 Å². The Bertz CT molecular complexity index is 1330. The Labute approximate surface area is 269 Å². The van der Waals surface area contributed by atoms with Crippen molar-refractivity contribution in [3.05, 3.63) is 42.5 Å². The largest absolute Gasteiger partial charge is 0.494 e. The number of rotatable bonds is 15. The van der Waals surface area contributed by atoms with E-state index >= 15 is 0 Å². The van der Waals surface area contributed by atoms with Crippen LogP contribution < -0.4 is 9.47 Å². The van der Waals surface area contributed by atoms with Gasteiger partial charge in [-0.15, -0.1) is 0 Å². The number of hydrogen-bond donors (Lipinski definition) is 0. The highest BCUT2D eigenvalue weighted by Crippen LogP contribution is 2.29. The second-order valence-electron chi connectivity index (χ2n) is 13.8. The van der Waals surface area contributed by atoms with Crippen LogP contribution in [0.1, 0.15) is 64.2 Å². The van der Waals surface area contributed by atoms with Crippen molar-refractivity contribution in [1.82, 2.24) is 24.6 Å². The van der Waals surface area contributed by atoms with Gasteiger partial charge in [0, 0.05) is 49.9 Å². The fourth-order valence-electron chi connectivity index (χ4n) is 8.05. The number of aromatic nitrogens is 1. The summed E-state index contributed by atoms with van der Waals surface area (Å²) in [7, 11) is 0. The Balaban J connectivity index is 0.838. The third kappa shape index (κ3) is 8.20. The topological polar surface area (TPSA) is 57.5 Å². The molecule has 4 saturated heterocycles. The van der Waals surface area contributed by atoms with Gasteiger partial charge in [0.15, 0.2) is 5.58 Å². The molecule has 3 aromatic rings. The lowest BCUT2D eigenvalue weighted by Crippen LogP contribution is -2.40. The molecule has 0 saturated carbocycles. The van der Waals surface area contributed by atoms with E-state index in [4.69, 9.17) is 18.9 Å². The Kier molecular flexibility index (Phi) is 10.5. The Morgan fingerprint density at radius 2 is 1.20 bits per heavy atom. The Morgan fingerprint density at radius 3 is 1.80 bits per heavy atom. The van der Waals surface area contributed by atoms with Crippen molar-refractivity contribution >= 4 is 11.1 Å². The number of hydrogen-bond acceptors (Lipinski definition) is 8. The smallest absolute Gasteiger partial charge is 0.227 e. The first kappa shape index (κ1) is 31.0. The molecule has 2 aromatic carbocycles. The van der Waals surface area contributed by atoms with Gasteiger partial charge in [0.2, 0.25) is 5.89 Å². The minimum atomic E-state index is 0.629. The van der Waals surface area contributed by atoms with E-state index in [1.807, 2.05) is 42.5 Å². The zero-order valence-electron chi connectivity index (χ0n) is 27.2. The average molecular weight is 616 g/mol. The predicted molar refractivity (Wildman–Crippen MR) is 180 cm³/mol. The summed E-state index contributed by atoms with van der Waals surface area (Å²) in [6, 6.07) is 15.6. The van der Waals surface area contributed by atoms with E-state index in [2.05, 4.69) is 19.6 Å². The van der Waals surface area contributed by atoms with Gasteiger partial charge < -0.3 is 23.7 Å². The molecule has 8 heteroatoms. The minimum Gasteiger partial charge on any atom is -0.494 e. The summed E-state index contributed by atoms with van der Waals surface area (Å²) >= 11 is 0. The molecule has 0 spiro atoms. The maximum absolute atomic E-state index is 6.16. The monoisotopic (exact) mass is 615 g/mol. The van der Waals surface area contributed by atoms with E-state index in [0.29, 0.717) is 5.89 Å². The molecule has 4 fully saturated rings. The van der Waals surface area contributed by atoms with Crippen LogP contribution >= 0.6 is 0 Å². The quantitative estimate of drug-likeness (QED) is 0.189. The zero-order valence-corrected chi connectivity index (χ0v) is 27.2. The van der Waals surface area contributed by atoms with Crippen molar-refractivity contribution in [3.8, 4) is 23.0 Å². The molecule has 45 heavy (non-hydrogen) atoms. The van der Waals surface area contributed by atoms with Crippen molar-refractivity contribution in [2.24, 2.45) is 0 Å². The van der Waals surface area contributed by atoms with E-state index in [9.17, 15) is 0 Å². The van der Waals surface area contributed by atoms with Gasteiger partial charge in [0.05, 0.1) is 13.2 Å². The summed E-state index contributed by atoms with van der Waals surface area (Å²) in [6.07, 6.45) is 13.0. The number of oxazole rings is 1. The SMILES string of the molecule is c1cc(-c2nc3ccc(OCCCN4CCC[C@H]4CN4CCCC4)cc3o2)ccc1OCCCN1CCC[C@H]1CN1CCCC1. The predicted octanol–water partition coefficient (Wildman–Crippen LogP) is 6.15. The van der Waals surface area contributed by atoms with Crippen LogP contribution in [-0.2, 0) is 0 Å². The lowest BCUT2D eigenvalue weighted by atomic mass is 10.2. The van der Waals surface area contributed by atoms with Gasteiger partial charge in [-0.3, -0.25) is 9.80 Å². The van der Waals surface area contributed by atoms with Crippen molar-refractivity contribution in [2.45, 2.75) is 76.3 Å². The summed E-state index contributed by atoms with van der Waals surface area (Å²) in [5.41, 5.74) is 2.57. The van der Waals surface area contributed by atoms with E-state index in [1.165, 1.54) is 104 Å². The van der Waals surface area contributed by atoms with Gasteiger partial charge in [-0.1, -0.05) is 0 Å². The second kappa shape index (κ2) is 15.3. The molecule has 8 nitrogen and oxygen atoms in total. The number of benzene rings is 2. The molecule has 0 amide bonds. The highest BCUT2D eigenvalue weighted by atomic mass is 16.5. The Hall–Kier alpha value is -2.65. The molecule has 0 bridgehead atoms. The molecular weight excluding hydrogens is 562 g/mol. The summed E-state index contributed by atoms with van der Waals surface area (Å²) in [6.45, 7) is 13.8. The third-order valence-corrected chi connectivity index (χ3v) is 10.5. The van der Waals surface area contributed by atoms with Crippen LogP contribution in [0.15, 0.2) is 46.9 Å². The molecule has 2 atom stereocenters. The summed E-state index contributed by atoms with van der Waals surface area (Å²) in [5, 5.41) is 0. The van der Waals surface area contributed by atoms with Gasteiger partial charge in [-0.05, 0) is 140 Å². The van der Waals surface area contributed by atoms with Crippen molar-refractivity contribution in [3.63, 3.8) is 0 Å². The molecule has 0 unspecified atom stereocenters. The number of likely N-dealkylation sites (tertiary alicyclic amines) is 4. The summed E-state index contributed by atoms with van der Waals surface area (Å²) in [5.74, 6) is 2.38. The van der Waals surface area contributed by atoms with E-state index in [1.54, 1.807) is 0 Å². The number of fused-ring (bicyclic) bond motifs is 1. The molecule has 5 heterocycles. The first-order valence-electron chi connectivity index (χ1n) is 18.0. The molecule has 0 aliphatic carbocycles. The van der Waals surface area contributed by atoms with Crippen molar-refractivity contribution < 1.29 is 13.9 Å². The normalized spacial score (nSPS) is 23.6. The van der Waals surface area contributed by atoms with Gasteiger partial charge >= 0.3 is 0 Å². The van der Waals surface area contributed by atoms with Gasteiger partial charge in [-0.25, -0.2) is 4.98 Å². The van der Waals surface area contributed by atoms with Crippen molar-refractivity contribution in [1.29, 1.82) is 0 Å². The second-order valence-corrected chi connectivity index (χ2v) is 13.8. The first-order valence-corrected chi connectivity index (χ1v) is 18.0. The van der Waals surface area contributed by atoms with Crippen LogP contribution in [0.25, 0.3) is 22.6 Å². The van der Waals surface area contributed by atoms with Crippen molar-refractivity contribution in [2.75, 3.05) is 78.7 Å². The maximum atomic E-state index is 6.16. The molecular formula is C37H53N5O3. The van der Waals surface area contributed by atoms with E-state index in [-0.39, 0.29) is 0 Å². The molecule has 244 valence electrons. The number of nitrogens with zero attached hydrogens (tertiary/aromatic N) is 5. The fraction of sp³-hybridized carbons (Fsp3) is 0.649. The summed E-state index contributed by atoms with van der Waals surface area (Å²) < 4.78 is 18.4. The van der Waals surface area contributed by atoms with Crippen LogP contribution in [0.2, 0.25) is 0 Å². The fourth-order valence-corrected chi connectivity index (χ4v) is 8.05. The summed E-state index contributed by atoms with van der Waals surface area (Å²) in [4.78, 5) is 15.4. The van der Waals surface area contributed by atoms with Gasteiger partial charge in [0.25, 0.3) is 0 Å². The highest BCUT2D eigenvalue weighted by Gasteiger charge is 2.28. The van der Waals surface area contributed by atoms with Crippen LogP contribution in [0, 0.1) is 0 Å². The van der Waals surface area contributed by atoms with Crippen LogP contribution in [-0.4, -0.2) is 115 Å². The molecule has 4 aliphatic heterocycles. The van der Waals surface area contributed by atoms with Crippen LogP contribution in [0.4, 0.5) is 0 Å². The Morgan fingerprint density at radius 1 is 0.644 bits per heavy atom. The molecule has 7 rings (SSSR count). The molecule has 4 aliphatic rings. The third-order valence-electron chi connectivity index (χ3n) is 10.5. The lowest BCUT2D eigenvalue weighted by Gasteiger charge is -2.28. The zero-order chi connectivity index (χ0) is 30.3. The standard InChI is InChI=1S/C37H53N5O3/c1-2-18-39(17-1)28-31-9-5-21-41(31)23-7-25-43-33-13-11-30(12-14-33)37-38-35-16-15-34(27-36(35)45-37)44-26-8-24-42-22-6-10-32(42)29-40-19-3-4-20-40/h11-16,27,31-32H,1-10,17-26,28-29H2/t31-,32-/m0/s1. The highest BCUT2D eigenvalue weighted by molar-refractivity contribution is 5.77. The molecule has 1 aromatic heterocycles. The lowest BCUT2D eigenvalue weighted by molar-refractivity contribution is 0.178. The van der Waals surface area contributed by atoms with E-state index in [0.717, 1.165) is 79.4 Å². The average Bonchev–Trinajstić information content (AvgIpc) is 3.91. The molecule has 0 radical (unpaired) electrons.